The van der Waals surface area contributed by atoms with Gasteiger partial charge >= 0.3 is 5.97 Å². The van der Waals surface area contributed by atoms with E-state index in [1.165, 1.54) is 25.1 Å². The van der Waals surface area contributed by atoms with Gasteiger partial charge in [-0.25, -0.2) is 9.18 Å². The van der Waals surface area contributed by atoms with E-state index in [0.29, 0.717) is 5.56 Å². The minimum Gasteiger partial charge on any atom is -0.480 e. The van der Waals surface area contributed by atoms with E-state index in [-0.39, 0.29) is 6.42 Å². The van der Waals surface area contributed by atoms with Gasteiger partial charge in [0.2, 0.25) is 11.8 Å². The maximum absolute atomic E-state index is 13.6. The number of carboxylic acid groups (broad SMARTS) is 1. The predicted molar refractivity (Wildman–Crippen MR) is 122 cm³/mol. The Bertz CT molecular complexity index is 1070. The maximum Gasteiger partial charge on any atom is 0.327 e. The van der Waals surface area contributed by atoms with E-state index in [2.05, 4.69) is 10.6 Å². The predicted octanol–water partition coefficient (Wildman–Crippen LogP) is 3.27. The van der Waals surface area contributed by atoms with Gasteiger partial charge in [-0.3, -0.25) is 9.59 Å². The molecule has 0 unspecified atom stereocenters. The average Bonchev–Trinajstić information content (AvgIpc) is 2.79. The molecule has 0 bridgehead atoms. The topological polar surface area (TPSA) is 95.5 Å². The number of aliphatic carboxylic acids is 1. The summed E-state index contributed by atoms with van der Waals surface area (Å²) in [6.45, 7) is 1.26. The van der Waals surface area contributed by atoms with Crippen LogP contribution in [-0.4, -0.2) is 35.0 Å². The van der Waals surface area contributed by atoms with Crippen molar-refractivity contribution >= 4 is 17.8 Å². The van der Waals surface area contributed by atoms with Gasteiger partial charge < -0.3 is 15.7 Å². The summed E-state index contributed by atoms with van der Waals surface area (Å²) < 4.78 is 13.6. The first-order valence-electron chi connectivity index (χ1n) is 10.5. The van der Waals surface area contributed by atoms with Gasteiger partial charge in [0.25, 0.3) is 0 Å². The van der Waals surface area contributed by atoms with E-state index in [9.17, 15) is 23.9 Å². The third kappa shape index (κ3) is 6.49. The van der Waals surface area contributed by atoms with Crippen LogP contribution in [0.2, 0.25) is 0 Å². The van der Waals surface area contributed by atoms with Crippen LogP contribution in [0.25, 0.3) is 0 Å². The summed E-state index contributed by atoms with van der Waals surface area (Å²) in [5, 5.41) is 15.2. The van der Waals surface area contributed by atoms with Crippen molar-refractivity contribution in [2.24, 2.45) is 0 Å². The quantitative estimate of drug-likeness (QED) is 0.468. The summed E-state index contributed by atoms with van der Waals surface area (Å²) in [6, 6.07) is 21.4. The van der Waals surface area contributed by atoms with Crippen molar-refractivity contribution in [2.75, 3.05) is 0 Å². The molecule has 3 N–H and O–H groups in total. The van der Waals surface area contributed by atoms with Crippen LogP contribution < -0.4 is 10.6 Å². The number of benzene rings is 3. The Labute approximate surface area is 191 Å². The van der Waals surface area contributed by atoms with E-state index in [0.717, 1.165) is 11.1 Å². The molecule has 0 aliphatic heterocycles. The molecule has 6 nitrogen and oxygen atoms in total. The number of hydrogen-bond acceptors (Lipinski definition) is 3. The number of halogens is 1. The molecule has 2 amide bonds. The number of rotatable bonds is 9. The highest BCUT2D eigenvalue weighted by Gasteiger charge is 2.34. The van der Waals surface area contributed by atoms with Gasteiger partial charge in [0.1, 0.15) is 17.9 Å². The Morgan fingerprint density at radius 2 is 1.42 bits per heavy atom. The molecule has 170 valence electrons. The Morgan fingerprint density at radius 1 is 0.848 bits per heavy atom. The third-order valence-corrected chi connectivity index (χ3v) is 5.24. The maximum atomic E-state index is 13.6. The molecule has 33 heavy (non-hydrogen) atoms. The number of hydrogen-bond donors (Lipinski definition) is 3. The van der Waals surface area contributed by atoms with E-state index in [1.54, 1.807) is 54.6 Å². The standard InChI is InChI=1S/C26H25FN2O4/c1-17(30)28-22(16-18-9-8-14-21(27)15-18)25(31)29-24(26(32)33)23(19-10-4-2-5-11-19)20-12-6-3-7-13-20/h2-15,22-24H,16H2,1H3,(H,28,30)(H,29,31)(H,32,33)/t22-,24-/m1/s1. The Balaban J connectivity index is 1.92. The molecule has 0 saturated carbocycles. The molecule has 3 aromatic carbocycles. The van der Waals surface area contributed by atoms with Crippen LogP contribution in [0.4, 0.5) is 4.39 Å². The molecular formula is C26H25FN2O4. The lowest BCUT2D eigenvalue weighted by Gasteiger charge is -2.28. The van der Waals surface area contributed by atoms with Crippen LogP contribution >= 0.6 is 0 Å². The molecule has 7 heteroatoms. The highest BCUT2D eigenvalue weighted by molar-refractivity contribution is 5.90. The lowest BCUT2D eigenvalue weighted by atomic mass is 9.84. The molecule has 0 radical (unpaired) electrons. The molecule has 3 rings (SSSR count). The molecule has 0 aliphatic carbocycles. The number of nitrogens with one attached hydrogen (secondary N) is 2. The lowest BCUT2D eigenvalue weighted by molar-refractivity contribution is -0.142. The van der Waals surface area contributed by atoms with Crippen molar-refractivity contribution in [3.8, 4) is 0 Å². The van der Waals surface area contributed by atoms with Gasteiger partial charge in [0, 0.05) is 19.3 Å². The van der Waals surface area contributed by atoms with Crippen molar-refractivity contribution in [2.45, 2.75) is 31.3 Å². The van der Waals surface area contributed by atoms with Crippen molar-refractivity contribution < 1.29 is 23.9 Å². The SMILES string of the molecule is CC(=O)N[C@H](Cc1cccc(F)c1)C(=O)N[C@@H](C(=O)O)C(c1ccccc1)c1ccccc1. The van der Waals surface area contributed by atoms with Crippen LogP contribution in [0.1, 0.15) is 29.5 Å². The Morgan fingerprint density at radius 3 is 1.91 bits per heavy atom. The Kier molecular flexibility index (Phi) is 7.91. The second kappa shape index (κ2) is 11.0. The van der Waals surface area contributed by atoms with E-state index in [4.69, 9.17) is 0 Å². The van der Waals surface area contributed by atoms with Gasteiger partial charge in [-0.05, 0) is 28.8 Å². The zero-order valence-electron chi connectivity index (χ0n) is 18.1. The van der Waals surface area contributed by atoms with E-state index >= 15 is 0 Å². The molecule has 0 saturated heterocycles. The number of carboxylic acids is 1. The summed E-state index contributed by atoms with van der Waals surface area (Å²) in [5.41, 5.74) is 1.94. The van der Waals surface area contributed by atoms with Crippen molar-refractivity contribution in [1.29, 1.82) is 0 Å². The first kappa shape index (κ1) is 23.7. The van der Waals surface area contributed by atoms with Crippen LogP contribution in [-0.2, 0) is 20.8 Å². The number of carbonyl (C=O) groups is 3. The molecule has 0 spiro atoms. The molecule has 2 atom stereocenters. The van der Waals surface area contributed by atoms with Gasteiger partial charge in [-0.1, -0.05) is 72.8 Å². The molecule has 0 aliphatic rings. The van der Waals surface area contributed by atoms with Crippen molar-refractivity contribution in [1.82, 2.24) is 10.6 Å². The average molecular weight is 448 g/mol. The minimum absolute atomic E-state index is 0.0108. The van der Waals surface area contributed by atoms with Gasteiger partial charge in [-0.15, -0.1) is 0 Å². The molecule has 3 aromatic rings. The summed E-state index contributed by atoms with van der Waals surface area (Å²) in [6.07, 6.45) is 0.0108. The third-order valence-electron chi connectivity index (χ3n) is 5.24. The van der Waals surface area contributed by atoms with Crippen LogP contribution in [0.3, 0.4) is 0 Å². The first-order valence-corrected chi connectivity index (χ1v) is 10.5. The summed E-state index contributed by atoms with van der Waals surface area (Å²) in [4.78, 5) is 37.2. The largest absolute Gasteiger partial charge is 0.480 e. The van der Waals surface area contributed by atoms with Gasteiger partial charge in [-0.2, -0.15) is 0 Å². The Hall–Kier alpha value is -4.00. The second-order valence-electron chi connectivity index (χ2n) is 7.71. The fraction of sp³-hybridized carbons (Fsp3) is 0.192. The second-order valence-corrected chi connectivity index (χ2v) is 7.71. The van der Waals surface area contributed by atoms with Crippen LogP contribution in [0.5, 0.6) is 0 Å². The van der Waals surface area contributed by atoms with Crippen LogP contribution in [0, 0.1) is 5.82 Å². The lowest BCUT2D eigenvalue weighted by Crippen LogP contribution is -2.54. The fourth-order valence-electron chi connectivity index (χ4n) is 3.79. The number of carbonyl (C=O) groups excluding carboxylic acids is 2. The normalized spacial score (nSPS) is 12.6. The summed E-state index contributed by atoms with van der Waals surface area (Å²) in [5.74, 6) is -3.47. The van der Waals surface area contributed by atoms with E-state index in [1.807, 2.05) is 12.1 Å². The monoisotopic (exact) mass is 448 g/mol. The van der Waals surface area contributed by atoms with Crippen molar-refractivity contribution in [3.63, 3.8) is 0 Å². The zero-order chi connectivity index (χ0) is 23.8. The highest BCUT2D eigenvalue weighted by Crippen LogP contribution is 2.28. The first-order chi connectivity index (χ1) is 15.8. The number of amides is 2. The molecule has 0 heterocycles. The summed E-state index contributed by atoms with van der Waals surface area (Å²) in [7, 11) is 0. The van der Waals surface area contributed by atoms with Gasteiger partial charge in [0.15, 0.2) is 0 Å². The van der Waals surface area contributed by atoms with Crippen molar-refractivity contribution in [3.05, 3.63) is 107 Å². The minimum atomic E-state index is -1.30. The zero-order valence-corrected chi connectivity index (χ0v) is 18.1. The highest BCUT2D eigenvalue weighted by atomic mass is 19.1. The fourth-order valence-corrected chi connectivity index (χ4v) is 3.79. The van der Waals surface area contributed by atoms with Crippen LogP contribution in [0.15, 0.2) is 84.9 Å². The summed E-state index contributed by atoms with van der Waals surface area (Å²) >= 11 is 0. The molecular weight excluding hydrogens is 423 g/mol. The van der Waals surface area contributed by atoms with E-state index < -0.39 is 41.6 Å². The van der Waals surface area contributed by atoms with Gasteiger partial charge in [0.05, 0.1) is 0 Å². The molecule has 0 fully saturated rings. The smallest absolute Gasteiger partial charge is 0.327 e. The molecule has 0 aromatic heterocycles.